The Bertz CT molecular complexity index is 875. The van der Waals surface area contributed by atoms with Crippen molar-refractivity contribution in [3.63, 3.8) is 0 Å². The lowest BCUT2D eigenvalue weighted by atomic mass is 9.85. The fourth-order valence-electron chi connectivity index (χ4n) is 4.05. The SMILES string of the molecule is O=C(NCCN1CCC2(CC1)C(=O)NCN2c1ccccc1)c1cc(Br)c(Br)o1. The van der Waals surface area contributed by atoms with Gasteiger partial charge in [0.2, 0.25) is 5.91 Å². The van der Waals surface area contributed by atoms with E-state index in [0.717, 1.165) is 38.2 Å². The Balaban J connectivity index is 1.31. The standard InChI is InChI=1S/C20H22Br2N4O3/c21-15-12-16(29-17(15)22)18(27)23-8-11-25-9-6-20(7-10-25)19(28)24-13-26(20)14-4-2-1-3-5-14/h1-5,12H,6-11,13H2,(H,23,27)(H,24,28). The topological polar surface area (TPSA) is 77.8 Å². The van der Waals surface area contributed by atoms with Gasteiger partial charge < -0.3 is 24.9 Å². The summed E-state index contributed by atoms with van der Waals surface area (Å²) in [5.41, 5.74) is 0.593. The Morgan fingerprint density at radius 1 is 1.21 bits per heavy atom. The number of carbonyl (C=O) groups is 2. The first-order chi connectivity index (χ1) is 14.0. The van der Waals surface area contributed by atoms with Gasteiger partial charge in [0.1, 0.15) is 5.54 Å². The predicted octanol–water partition coefficient (Wildman–Crippen LogP) is 2.96. The minimum atomic E-state index is -0.478. The van der Waals surface area contributed by atoms with Gasteiger partial charge in [0.25, 0.3) is 5.91 Å². The van der Waals surface area contributed by atoms with Gasteiger partial charge in [0, 0.05) is 37.9 Å². The molecule has 0 bridgehead atoms. The first-order valence-electron chi connectivity index (χ1n) is 9.56. The lowest BCUT2D eigenvalue weighted by Crippen LogP contribution is -2.57. The lowest BCUT2D eigenvalue weighted by molar-refractivity contribution is -0.125. The van der Waals surface area contributed by atoms with Gasteiger partial charge in [-0.25, -0.2) is 0 Å². The first kappa shape index (κ1) is 20.4. The van der Waals surface area contributed by atoms with Crippen LogP contribution in [0.25, 0.3) is 0 Å². The number of benzene rings is 1. The number of hydrogen-bond acceptors (Lipinski definition) is 5. The molecule has 2 fully saturated rings. The van der Waals surface area contributed by atoms with Gasteiger partial charge in [0.05, 0.1) is 11.1 Å². The molecule has 1 aromatic heterocycles. The van der Waals surface area contributed by atoms with E-state index >= 15 is 0 Å². The molecule has 2 aliphatic rings. The van der Waals surface area contributed by atoms with Crippen LogP contribution in [-0.2, 0) is 4.79 Å². The van der Waals surface area contributed by atoms with Crippen LogP contribution in [0.1, 0.15) is 23.4 Å². The Hall–Kier alpha value is -1.84. The highest BCUT2D eigenvalue weighted by atomic mass is 79.9. The molecule has 2 aliphatic heterocycles. The third-order valence-corrected chi connectivity index (χ3v) is 7.38. The second-order valence-corrected chi connectivity index (χ2v) is 8.86. The maximum atomic E-state index is 12.7. The number of nitrogens with one attached hydrogen (secondary N) is 2. The molecule has 2 amide bonds. The van der Waals surface area contributed by atoms with Crippen molar-refractivity contribution in [3.8, 4) is 0 Å². The Morgan fingerprint density at radius 3 is 2.59 bits per heavy atom. The van der Waals surface area contributed by atoms with E-state index in [1.165, 1.54) is 0 Å². The molecule has 7 nitrogen and oxygen atoms in total. The molecule has 4 rings (SSSR count). The summed E-state index contributed by atoms with van der Waals surface area (Å²) in [6.07, 6.45) is 1.53. The average Bonchev–Trinajstić information content (AvgIpc) is 3.24. The number of carbonyl (C=O) groups excluding carboxylic acids is 2. The summed E-state index contributed by atoms with van der Waals surface area (Å²) in [5, 5.41) is 5.91. The van der Waals surface area contributed by atoms with Crippen LogP contribution in [0.15, 0.2) is 50.0 Å². The summed E-state index contributed by atoms with van der Waals surface area (Å²) in [6.45, 7) is 3.43. The highest BCUT2D eigenvalue weighted by Gasteiger charge is 2.50. The molecule has 0 saturated carbocycles. The van der Waals surface area contributed by atoms with E-state index in [9.17, 15) is 9.59 Å². The van der Waals surface area contributed by atoms with Gasteiger partial charge in [0.15, 0.2) is 10.4 Å². The maximum absolute atomic E-state index is 12.7. The minimum absolute atomic E-state index is 0.114. The quantitative estimate of drug-likeness (QED) is 0.627. The van der Waals surface area contributed by atoms with Crippen molar-refractivity contribution in [2.45, 2.75) is 18.4 Å². The smallest absolute Gasteiger partial charge is 0.287 e. The molecular formula is C20H22Br2N4O3. The number of hydrogen-bond donors (Lipinski definition) is 2. The molecule has 2 saturated heterocycles. The number of anilines is 1. The molecule has 0 radical (unpaired) electrons. The van der Waals surface area contributed by atoms with Crippen molar-refractivity contribution in [3.05, 3.63) is 51.3 Å². The molecule has 0 unspecified atom stereocenters. The number of para-hydroxylation sites is 1. The molecular weight excluding hydrogens is 504 g/mol. The van der Waals surface area contributed by atoms with E-state index in [4.69, 9.17) is 4.42 Å². The maximum Gasteiger partial charge on any atom is 0.287 e. The molecule has 2 aromatic rings. The second kappa shape index (κ2) is 8.49. The molecule has 1 aromatic carbocycles. The van der Waals surface area contributed by atoms with Crippen molar-refractivity contribution >= 4 is 49.4 Å². The Morgan fingerprint density at radius 2 is 1.93 bits per heavy atom. The Kier molecular flexibility index (Phi) is 5.98. The van der Waals surface area contributed by atoms with E-state index in [0.29, 0.717) is 22.4 Å². The number of likely N-dealkylation sites (tertiary alicyclic amines) is 1. The van der Waals surface area contributed by atoms with E-state index < -0.39 is 5.54 Å². The fraction of sp³-hybridized carbons (Fsp3) is 0.400. The van der Waals surface area contributed by atoms with Crippen LogP contribution in [0.5, 0.6) is 0 Å². The van der Waals surface area contributed by atoms with Crippen LogP contribution < -0.4 is 15.5 Å². The largest absolute Gasteiger partial charge is 0.443 e. The summed E-state index contributed by atoms with van der Waals surface area (Å²) >= 11 is 6.54. The number of amides is 2. The third kappa shape index (κ3) is 4.08. The van der Waals surface area contributed by atoms with Crippen molar-refractivity contribution < 1.29 is 14.0 Å². The summed E-state index contributed by atoms with van der Waals surface area (Å²) < 4.78 is 6.55. The van der Waals surface area contributed by atoms with Gasteiger partial charge in [-0.05, 0) is 56.8 Å². The molecule has 0 atom stereocenters. The summed E-state index contributed by atoms with van der Waals surface area (Å²) in [6, 6.07) is 11.7. The monoisotopic (exact) mass is 524 g/mol. The number of piperidine rings is 1. The van der Waals surface area contributed by atoms with Crippen LogP contribution in [0.2, 0.25) is 0 Å². The molecule has 0 aliphatic carbocycles. The zero-order valence-electron chi connectivity index (χ0n) is 15.8. The van der Waals surface area contributed by atoms with E-state index in [-0.39, 0.29) is 17.6 Å². The summed E-state index contributed by atoms with van der Waals surface area (Å²) in [4.78, 5) is 29.3. The van der Waals surface area contributed by atoms with Gasteiger partial charge >= 0.3 is 0 Å². The molecule has 29 heavy (non-hydrogen) atoms. The van der Waals surface area contributed by atoms with Gasteiger partial charge in [-0.15, -0.1) is 0 Å². The van der Waals surface area contributed by atoms with Crippen molar-refractivity contribution in [2.24, 2.45) is 0 Å². The highest BCUT2D eigenvalue weighted by molar-refractivity contribution is 9.13. The van der Waals surface area contributed by atoms with Gasteiger partial charge in [-0.3, -0.25) is 9.59 Å². The summed E-state index contributed by atoms with van der Waals surface area (Å²) in [7, 11) is 0. The molecule has 1 spiro atoms. The number of halogens is 2. The van der Waals surface area contributed by atoms with Gasteiger partial charge in [-0.2, -0.15) is 0 Å². The number of nitrogens with zero attached hydrogens (tertiary/aromatic N) is 2. The zero-order valence-corrected chi connectivity index (χ0v) is 19.0. The molecule has 2 N–H and O–H groups in total. The summed E-state index contributed by atoms with van der Waals surface area (Å²) in [5.74, 6) is 0.140. The van der Waals surface area contributed by atoms with E-state index in [1.807, 2.05) is 18.2 Å². The average molecular weight is 526 g/mol. The highest BCUT2D eigenvalue weighted by Crippen LogP contribution is 2.36. The lowest BCUT2D eigenvalue weighted by Gasteiger charge is -2.43. The minimum Gasteiger partial charge on any atom is -0.443 e. The van der Waals surface area contributed by atoms with E-state index in [2.05, 4.69) is 64.4 Å². The number of furan rings is 1. The van der Waals surface area contributed by atoms with Crippen LogP contribution in [0, 0.1) is 0 Å². The predicted molar refractivity (Wildman–Crippen MR) is 117 cm³/mol. The molecule has 3 heterocycles. The second-order valence-electron chi connectivity index (χ2n) is 7.29. The van der Waals surface area contributed by atoms with Crippen LogP contribution >= 0.6 is 31.9 Å². The van der Waals surface area contributed by atoms with Crippen molar-refractivity contribution in [1.82, 2.24) is 15.5 Å². The van der Waals surface area contributed by atoms with Crippen LogP contribution in [-0.4, -0.2) is 55.1 Å². The third-order valence-electron chi connectivity index (χ3n) is 5.67. The molecule has 154 valence electrons. The van der Waals surface area contributed by atoms with Crippen molar-refractivity contribution in [1.29, 1.82) is 0 Å². The Labute approximate surface area is 186 Å². The van der Waals surface area contributed by atoms with Crippen molar-refractivity contribution in [2.75, 3.05) is 37.7 Å². The normalized spacial score (nSPS) is 18.8. The van der Waals surface area contributed by atoms with E-state index in [1.54, 1.807) is 6.07 Å². The molecule has 9 heteroatoms. The zero-order chi connectivity index (χ0) is 20.4. The van der Waals surface area contributed by atoms with Gasteiger partial charge in [-0.1, -0.05) is 18.2 Å². The van der Waals surface area contributed by atoms with Crippen LogP contribution in [0.3, 0.4) is 0 Å². The fourth-order valence-corrected chi connectivity index (χ4v) is 4.63. The number of rotatable bonds is 5. The first-order valence-corrected chi connectivity index (χ1v) is 11.1. The van der Waals surface area contributed by atoms with Crippen LogP contribution in [0.4, 0.5) is 5.69 Å².